The van der Waals surface area contributed by atoms with Gasteiger partial charge in [-0.2, -0.15) is 0 Å². The van der Waals surface area contributed by atoms with Crippen molar-refractivity contribution in [2.75, 3.05) is 13.1 Å². The van der Waals surface area contributed by atoms with Crippen LogP contribution in [0.4, 0.5) is 11.4 Å². The topological polar surface area (TPSA) is 243 Å². The van der Waals surface area contributed by atoms with Crippen LogP contribution in [0.5, 0.6) is 0 Å². The first kappa shape index (κ1) is 35.5. The van der Waals surface area contributed by atoms with E-state index in [1.807, 2.05) is 0 Å². The molecular formula is C26H20N8O10S4. The lowest BCUT2D eigenvalue weighted by Crippen LogP contribution is -2.43. The van der Waals surface area contributed by atoms with Crippen LogP contribution in [-0.2, 0) is 19.2 Å². The Labute approximate surface area is 288 Å². The second-order valence-corrected chi connectivity index (χ2v) is 12.7. The molecule has 22 heteroatoms. The van der Waals surface area contributed by atoms with Gasteiger partial charge in [0.1, 0.15) is 8.64 Å². The summed E-state index contributed by atoms with van der Waals surface area (Å²) in [5, 5.41) is 21.5. The number of hydrazine groups is 2. The van der Waals surface area contributed by atoms with Gasteiger partial charge in [-0.25, -0.2) is 0 Å². The average Bonchev–Trinajstić information content (AvgIpc) is 3.51. The van der Waals surface area contributed by atoms with Crippen LogP contribution in [0.2, 0.25) is 0 Å². The summed E-state index contributed by atoms with van der Waals surface area (Å²) in [7, 11) is 0. The zero-order chi connectivity index (χ0) is 35.1. The van der Waals surface area contributed by atoms with Crippen molar-refractivity contribution in [3.05, 3.63) is 89.7 Å². The molecule has 2 fully saturated rings. The lowest BCUT2D eigenvalue weighted by atomic mass is 10.2. The number of nitrogens with one attached hydrogen (secondary N) is 4. The van der Waals surface area contributed by atoms with Gasteiger partial charge in [0.25, 0.3) is 35.0 Å². The number of carbonyl (C=O) groups is 6. The van der Waals surface area contributed by atoms with E-state index in [0.717, 1.165) is 57.6 Å². The fourth-order valence-corrected chi connectivity index (χ4v) is 6.65. The van der Waals surface area contributed by atoms with Gasteiger partial charge in [-0.15, -0.1) is 0 Å². The second kappa shape index (κ2) is 15.5. The number of non-ortho nitro benzene ring substituents is 2. The molecule has 2 aliphatic rings. The van der Waals surface area contributed by atoms with Crippen LogP contribution >= 0.6 is 48.0 Å². The quantitative estimate of drug-likeness (QED) is 0.117. The maximum Gasteiger partial charge on any atom is 0.269 e. The number of nitrogens with zero attached hydrogens (tertiary/aromatic N) is 4. The number of carbonyl (C=O) groups excluding carboxylic acids is 6. The number of hydrogen-bond acceptors (Lipinski definition) is 14. The minimum absolute atomic E-state index is 0.00783. The lowest BCUT2D eigenvalue weighted by Gasteiger charge is -2.15. The van der Waals surface area contributed by atoms with Gasteiger partial charge < -0.3 is 0 Å². The van der Waals surface area contributed by atoms with Gasteiger partial charge >= 0.3 is 0 Å². The monoisotopic (exact) mass is 732 g/mol. The minimum Gasteiger partial charge on any atom is -0.292 e. The van der Waals surface area contributed by atoms with E-state index in [0.29, 0.717) is 0 Å². The molecule has 2 aromatic rings. The van der Waals surface area contributed by atoms with E-state index in [-0.39, 0.29) is 66.9 Å². The Bertz CT molecular complexity index is 1670. The molecule has 2 saturated heterocycles. The van der Waals surface area contributed by atoms with Crippen molar-refractivity contribution in [2.24, 2.45) is 0 Å². The van der Waals surface area contributed by atoms with Gasteiger partial charge in [0, 0.05) is 61.3 Å². The Morgan fingerprint density at radius 2 is 0.958 bits per heavy atom. The van der Waals surface area contributed by atoms with Gasteiger partial charge in [-0.05, 0) is 24.3 Å². The van der Waals surface area contributed by atoms with Gasteiger partial charge in [-0.3, -0.25) is 80.5 Å². The molecule has 0 spiro atoms. The third-order valence-corrected chi connectivity index (χ3v) is 9.37. The maximum atomic E-state index is 13.1. The SMILES string of the molecule is O=C(CCN1C(=O)C(=C2SC(=S)N(CCC(=O)NNC(=O)c3ccc([N+](=O)[O-])cc3)C2=O)SC1=S)NNC(=O)c1ccc([N+](=O)[O-])cc1. The summed E-state index contributed by atoms with van der Waals surface area (Å²) in [5.74, 6) is -4.08. The van der Waals surface area contributed by atoms with Gasteiger partial charge in [0.05, 0.1) is 19.7 Å². The van der Waals surface area contributed by atoms with Crippen LogP contribution in [0.1, 0.15) is 33.6 Å². The molecule has 18 nitrogen and oxygen atoms in total. The Hall–Kier alpha value is -5.32. The van der Waals surface area contributed by atoms with Gasteiger partial charge in [0.15, 0.2) is 0 Å². The highest BCUT2D eigenvalue weighted by atomic mass is 32.2. The summed E-state index contributed by atoms with van der Waals surface area (Å²) in [6.45, 7) is -0.362. The molecule has 0 bridgehead atoms. The van der Waals surface area contributed by atoms with E-state index < -0.39 is 45.3 Å². The Kier molecular flexibility index (Phi) is 11.5. The van der Waals surface area contributed by atoms with E-state index >= 15 is 0 Å². The fourth-order valence-electron chi connectivity index (χ4n) is 3.87. The Balaban J connectivity index is 1.25. The molecule has 0 unspecified atom stereocenters. The van der Waals surface area contributed by atoms with E-state index in [1.165, 1.54) is 24.3 Å². The predicted octanol–water partition coefficient (Wildman–Crippen LogP) is 1.44. The van der Waals surface area contributed by atoms with Crippen LogP contribution in [0.3, 0.4) is 0 Å². The summed E-state index contributed by atoms with van der Waals surface area (Å²) < 4.78 is 0.150. The predicted molar refractivity (Wildman–Crippen MR) is 177 cm³/mol. The summed E-state index contributed by atoms with van der Waals surface area (Å²) in [4.78, 5) is 97.7. The number of benzene rings is 2. The standard InChI is InChI=1S/C26H20N8O10S4/c35-17(27-29-21(37)13-1-5-15(6-2-13)33(41)42)9-11-31-23(39)19(47-25(31)45)20-24(40)32(26(46)48-20)12-10-18(36)28-30-22(38)14-3-7-16(8-4-14)34(43)44/h1-8H,9-12H2,(H,27,35)(H,28,36)(H,29,37)(H,30,38). The smallest absolute Gasteiger partial charge is 0.269 e. The van der Waals surface area contributed by atoms with E-state index in [2.05, 4.69) is 21.7 Å². The molecule has 0 saturated carbocycles. The van der Waals surface area contributed by atoms with Crippen LogP contribution in [0, 0.1) is 20.2 Å². The normalized spacial score (nSPS) is 15.8. The summed E-state index contributed by atoms with van der Waals surface area (Å²) in [6, 6.07) is 9.37. The van der Waals surface area contributed by atoms with Crippen molar-refractivity contribution in [1.29, 1.82) is 0 Å². The third kappa shape index (κ3) is 8.52. The highest BCUT2D eigenvalue weighted by Gasteiger charge is 2.42. The molecule has 0 aromatic heterocycles. The Morgan fingerprint density at radius 1 is 0.625 bits per heavy atom. The molecule has 2 aromatic carbocycles. The molecule has 248 valence electrons. The van der Waals surface area contributed by atoms with E-state index in [9.17, 15) is 49.0 Å². The number of nitro benzene ring substituents is 2. The molecule has 6 amide bonds. The Morgan fingerprint density at radius 3 is 1.27 bits per heavy atom. The van der Waals surface area contributed by atoms with Gasteiger partial charge in [-0.1, -0.05) is 48.0 Å². The first-order valence-corrected chi connectivity index (χ1v) is 15.7. The number of nitro groups is 2. The van der Waals surface area contributed by atoms with Crippen LogP contribution < -0.4 is 21.7 Å². The van der Waals surface area contributed by atoms with E-state index in [4.69, 9.17) is 24.4 Å². The second-order valence-electron chi connectivity index (χ2n) is 9.42. The summed E-state index contributed by atoms with van der Waals surface area (Å²) >= 11 is 12.2. The summed E-state index contributed by atoms with van der Waals surface area (Å²) in [6.07, 6.45) is -0.561. The highest BCUT2D eigenvalue weighted by molar-refractivity contribution is 8.29. The van der Waals surface area contributed by atoms with Crippen molar-refractivity contribution in [2.45, 2.75) is 12.8 Å². The lowest BCUT2D eigenvalue weighted by molar-refractivity contribution is -0.385. The number of thioether (sulfide) groups is 2. The fraction of sp³-hybridized carbons (Fsp3) is 0.154. The zero-order valence-corrected chi connectivity index (χ0v) is 27.2. The maximum absolute atomic E-state index is 13.1. The molecule has 0 radical (unpaired) electrons. The summed E-state index contributed by atoms with van der Waals surface area (Å²) in [5.41, 5.74) is 8.37. The molecule has 2 aliphatic heterocycles. The van der Waals surface area contributed by atoms with Crippen molar-refractivity contribution < 1.29 is 38.6 Å². The number of rotatable bonds is 10. The van der Waals surface area contributed by atoms with Crippen LogP contribution in [-0.4, -0.2) is 76.8 Å². The first-order chi connectivity index (χ1) is 22.8. The molecule has 4 rings (SSSR count). The molecule has 0 atom stereocenters. The number of hydrogen-bond donors (Lipinski definition) is 4. The molecule has 2 heterocycles. The van der Waals surface area contributed by atoms with Gasteiger partial charge in [0.2, 0.25) is 11.8 Å². The first-order valence-electron chi connectivity index (χ1n) is 13.3. The van der Waals surface area contributed by atoms with Crippen molar-refractivity contribution >= 4 is 103 Å². The molecule has 0 aliphatic carbocycles. The minimum atomic E-state index is -0.727. The van der Waals surface area contributed by atoms with Crippen molar-refractivity contribution in [3.63, 3.8) is 0 Å². The third-order valence-electron chi connectivity index (χ3n) is 6.34. The van der Waals surface area contributed by atoms with Crippen LogP contribution in [0.25, 0.3) is 0 Å². The number of thiocarbonyl (C=S) groups is 2. The zero-order valence-electron chi connectivity index (χ0n) is 24.0. The van der Waals surface area contributed by atoms with Crippen molar-refractivity contribution in [3.8, 4) is 0 Å². The molecule has 4 N–H and O–H groups in total. The van der Waals surface area contributed by atoms with E-state index in [1.54, 1.807) is 0 Å². The molecule has 48 heavy (non-hydrogen) atoms. The molecular weight excluding hydrogens is 713 g/mol. The van der Waals surface area contributed by atoms with Crippen LogP contribution in [0.15, 0.2) is 58.3 Å². The number of amides is 6. The van der Waals surface area contributed by atoms with Crippen molar-refractivity contribution in [1.82, 2.24) is 31.5 Å². The highest BCUT2D eigenvalue weighted by Crippen LogP contribution is 2.42. The largest absolute Gasteiger partial charge is 0.292 e. The average molecular weight is 733 g/mol.